The van der Waals surface area contributed by atoms with E-state index in [-0.39, 0.29) is 11.5 Å². The van der Waals surface area contributed by atoms with Gasteiger partial charge in [0.25, 0.3) is 0 Å². The predicted octanol–water partition coefficient (Wildman–Crippen LogP) is 1.99. The molecule has 1 aromatic rings. The van der Waals surface area contributed by atoms with Crippen molar-refractivity contribution in [3.63, 3.8) is 0 Å². The van der Waals surface area contributed by atoms with E-state index in [4.69, 9.17) is 17.3 Å². The third kappa shape index (κ3) is 4.96. The van der Waals surface area contributed by atoms with Gasteiger partial charge in [0.05, 0.1) is 11.5 Å². The number of hydrogen-bond acceptors (Lipinski definition) is 3. The Bertz CT molecular complexity index is 463. The quantitative estimate of drug-likeness (QED) is 0.902. The lowest BCUT2D eigenvalue weighted by Gasteiger charge is -2.18. The monoisotopic (exact) mass is 261 g/mol. The molecule has 3 nitrogen and oxygen atoms in total. The van der Waals surface area contributed by atoms with E-state index in [0.717, 1.165) is 0 Å². The number of rotatable bonds is 4. The summed E-state index contributed by atoms with van der Waals surface area (Å²) < 4.78 is 23.6. The lowest BCUT2D eigenvalue weighted by Crippen LogP contribution is -2.40. The van der Waals surface area contributed by atoms with Gasteiger partial charge in [-0.3, -0.25) is 0 Å². The summed E-state index contributed by atoms with van der Waals surface area (Å²) in [5.74, 6) is -0.0549. The average molecular weight is 262 g/mol. The lowest BCUT2D eigenvalue weighted by atomic mass is 10.1. The highest BCUT2D eigenvalue weighted by atomic mass is 35.5. The molecule has 0 fully saturated rings. The van der Waals surface area contributed by atoms with Crippen molar-refractivity contribution in [3.8, 4) is 0 Å². The van der Waals surface area contributed by atoms with Crippen molar-refractivity contribution in [1.82, 2.24) is 0 Å². The first-order valence-corrected chi connectivity index (χ1v) is 7.12. The van der Waals surface area contributed by atoms with Crippen molar-refractivity contribution >= 4 is 21.4 Å². The van der Waals surface area contributed by atoms with Crippen LogP contribution in [-0.4, -0.2) is 19.7 Å². The molecule has 0 aromatic heterocycles. The molecule has 0 atom stereocenters. The smallest absolute Gasteiger partial charge is 0.156 e. The highest BCUT2D eigenvalue weighted by Gasteiger charge is 2.22. The number of sulfone groups is 1. The molecular weight excluding hydrogens is 246 g/mol. The fourth-order valence-electron chi connectivity index (χ4n) is 1.50. The molecule has 1 rings (SSSR count). The molecular formula is C11H16ClNO2S. The summed E-state index contributed by atoms with van der Waals surface area (Å²) in [6, 6.07) is 6.85. The van der Waals surface area contributed by atoms with Gasteiger partial charge < -0.3 is 5.73 Å². The van der Waals surface area contributed by atoms with Gasteiger partial charge in [-0.15, -0.1) is 0 Å². The molecule has 0 aliphatic heterocycles. The first kappa shape index (κ1) is 13.5. The van der Waals surface area contributed by atoms with Crippen LogP contribution in [0.4, 0.5) is 0 Å². The van der Waals surface area contributed by atoms with Crippen LogP contribution < -0.4 is 5.73 Å². The summed E-state index contributed by atoms with van der Waals surface area (Å²) in [6.45, 7) is 3.39. The lowest BCUT2D eigenvalue weighted by molar-refractivity contribution is 0.544. The van der Waals surface area contributed by atoms with E-state index in [2.05, 4.69) is 0 Å². The third-order valence-electron chi connectivity index (χ3n) is 1.87. The molecule has 2 N–H and O–H groups in total. The second-order valence-corrected chi connectivity index (χ2v) is 7.15. The predicted molar refractivity (Wildman–Crippen MR) is 67.2 cm³/mol. The number of nitrogens with two attached hydrogens (primary N) is 1. The topological polar surface area (TPSA) is 60.2 Å². The first-order valence-electron chi connectivity index (χ1n) is 4.92. The fourth-order valence-corrected chi connectivity index (χ4v) is 3.63. The van der Waals surface area contributed by atoms with E-state index in [0.29, 0.717) is 10.6 Å². The Morgan fingerprint density at radius 1 is 1.38 bits per heavy atom. The molecule has 90 valence electrons. The normalized spacial score (nSPS) is 12.8. The second-order valence-electron chi connectivity index (χ2n) is 4.65. The van der Waals surface area contributed by atoms with Crippen LogP contribution in [0.15, 0.2) is 24.3 Å². The zero-order valence-electron chi connectivity index (χ0n) is 9.40. The van der Waals surface area contributed by atoms with Crippen LogP contribution in [0.5, 0.6) is 0 Å². The Morgan fingerprint density at radius 3 is 2.50 bits per heavy atom. The molecule has 0 spiro atoms. The van der Waals surface area contributed by atoms with Crippen molar-refractivity contribution in [2.45, 2.75) is 25.1 Å². The molecule has 16 heavy (non-hydrogen) atoms. The van der Waals surface area contributed by atoms with Gasteiger partial charge in [-0.05, 0) is 31.5 Å². The number of benzene rings is 1. The minimum atomic E-state index is -3.19. The van der Waals surface area contributed by atoms with Gasteiger partial charge in [0.2, 0.25) is 0 Å². The zero-order valence-corrected chi connectivity index (χ0v) is 11.0. The molecule has 0 heterocycles. The molecule has 1 aromatic carbocycles. The van der Waals surface area contributed by atoms with E-state index >= 15 is 0 Å². The van der Waals surface area contributed by atoms with Gasteiger partial charge >= 0.3 is 0 Å². The Kier molecular flexibility index (Phi) is 3.99. The number of halogens is 1. The molecule has 0 unspecified atom stereocenters. The van der Waals surface area contributed by atoms with E-state index in [1.54, 1.807) is 38.1 Å². The van der Waals surface area contributed by atoms with Gasteiger partial charge in [0, 0.05) is 10.6 Å². The summed E-state index contributed by atoms with van der Waals surface area (Å²) in [5, 5.41) is 0.541. The van der Waals surface area contributed by atoms with E-state index in [1.165, 1.54) is 0 Å². The molecule has 0 amide bonds. The number of hydrogen-bond donors (Lipinski definition) is 1. The van der Waals surface area contributed by atoms with E-state index in [9.17, 15) is 8.42 Å². The van der Waals surface area contributed by atoms with Gasteiger partial charge in [0.1, 0.15) is 0 Å². The second kappa shape index (κ2) is 4.73. The standard InChI is InChI=1S/C11H16ClNO2S/c1-11(2,13)8-16(14,15)7-9-4-3-5-10(12)6-9/h3-6H,7-8,13H2,1-2H3. The fraction of sp³-hybridized carbons (Fsp3) is 0.455. The molecule has 0 aliphatic rings. The van der Waals surface area contributed by atoms with Crippen molar-refractivity contribution in [2.75, 3.05) is 5.75 Å². The minimum absolute atomic E-state index is 0.0197. The van der Waals surface area contributed by atoms with Crippen LogP contribution in [0.1, 0.15) is 19.4 Å². The Hall–Kier alpha value is -0.580. The van der Waals surface area contributed by atoms with E-state index in [1.807, 2.05) is 0 Å². The van der Waals surface area contributed by atoms with Crippen LogP contribution in [-0.2, 0) is 15.6 Å². The van der Waals surface area contributed by atoms with Crippen LogP contribution in [0.3, 0.4) is 0 Å². The summed E-state index contributed by atoms with van der Waals surface area (Å²) in [4.78, 5) is 0. The summed E-state index contributed by atoms with van der Waals surface area (Å²) >= 11 is 5.79. The molecule has 0 aliphatic carbocycles. The zero-order chi connectivity index (χ0) is 12.4. The Balaban J connectivity index is 2.81. The molecule has 0 saturated heterocycles. The minimum Gasteiger partial charge on any atom is -0.325 e. The Morgan fingerprint density at radius 2 is 2.00 bits per heavy atom. The van der Waals surface area contributed by atoms with Crippen LogP contribution in [0.2, 0.25) is 5.02 Å². The SMILES string of the molecule is CC(C)(N)CS(=O)(=O)Cc1cccc(Cl)c1. The third-order valence-corrected chi connectivity index (χ3v) is 4.06. The van der Waals surface area contributed by atoms with Gasteiger partial charge in [0.15, 0.2) is 9.84 Å². The van der Waals surface area contributed by atoms with E-state index < -0.39 is 15.4 Å². The van der Waals surface area contributed by atoms with Crippen LogP contribution in [0.25, 0.3) is 0 Å². The largest absolute Gasteiger partial charge is 0.325 e. The van der Waals surface area contributed by atoms with Crippen molar-refractivity contribution < 1.29 is 8.42 Å². The van der Waals surface area contributed by atoms with Gasteiger partial charge in [-0.25, -0.2) is 8.42 Å². The maximum atomic E-state index is 11.8. The average Bonchev–Trinajstić information content (AvgIpc) is 1.96. The molecule has 0 saturated carbocycles. The first-order chi connectivity index (χ1) is 7.18. The highest BCUT2D eigenvalue weighted by Crippen LogP contribution is 2.15. The molecule has 0 radical (unpaired) electrons. The summed E-state index contributed by atoms with van der Waals surface area (Å²) in [7, 11) is -3.19. The van der Waals surface area contributed by atoms with Crippen LogP contribution in [0, 0.1) is 0 Å². The molecule has 5 heteroatoms. The van der Waals surface area contributed by atoms with Crippen molar-refractivity contribution in [2.24, 2.45) is 5.73 Å². The Labute approximate surface area is 102 Å². The summed E-state index contributed by atoms with van der Waals surface area (Å²) in [6.07, 6.45) is 0. The van der Waals surface area contributed by atoms with Gasteiger partial charge in [-0.1, -0.05) is 23.7 Å². The molecule has 0 bridgehead atoms. The van der Waals surface area contributed by atoms with Crippen molar-refractivity contribution in [3.05, 3.63) is 34.9 Å². The van der Waals surface area contributed by atoms with Crippen LogP contribution >= 0.6 is 11.6 Å². The summed E-state index contributed by atoms with van der Waals surface area (Å²) in [5.41, 5.74) is 5.68. The maximum absolute atomic E-state index is 11.8. The van der Waals surface area contributed by atoms with Crippen molar-refractivity contribution in [1.29, 1.82) is 0 Å². The highest BCUT2D eigenvalue weighted by molar-refractivity contribution is 7.90. The van der Waals surface area contributed by atoms with Gasteiger partial charge in [-0.2, -0.15) is 0 Å². The maximum Gasteiger partial charge on any atom is 0.156 e.